The van der Waals surface area contributed by atoms with E-state index in [4.69, 9.17) is 0 Å². The van der Waals surface area contributed by atoms with Crippen molar-refractivity contribution in [2.75, 3.05) is 13.6 Å². The first-order chi connectivity index (χ1) is 9.66. The number of aliphatic hydroxyl groups excluding tert-OH is 1. The summed E-state index contributed by atoms with van der Waals surface area (Å²) in [6.07, 6.45) is 3.80. The van der Waals surface area contributed by atoms with Gasteiger partial charge in [0.1, 0.15) is 6.23 Å². The molecule has 0 aliphatic carbocycles. The summed E-state index contributed by atoms with van der Waals surface area (Å²) in [4.78, 5) is 2.45. The van der Waals surface area contributed by atoms with Gasteiger partial charge in [-0.15, -0.1) is 0 Å². The number of rotatable bonds is 0. The number of fused-ring (bicyclic) bond motifs is 3. The third-order valence-electron chi connectivity index (χ3n) is 4.91. The number of nitrogens with zero attached hydrogens (tertiary/aromatic N) is 2. The summed E-state index contributed by atoms with van der Waals surface area (Å²) >= 11 is 3.57. The lowest BCUT2D eigenvalue weighted by Gasteiger charge is -2.33. The second-order valence-corrected chi connectivity index (χ2v) is 6.97. The van der Waals surface area contributed by atoms with Gasteiger partial charge in [0.2, 0.25) is 0 Å². The van der Waals surface area contributed by atoms with Crippen LogP contribution in [0, 0.1) is 0 Å². The van der Waals surface area contributed by atoms with Crippen molar-refractivity contribution < 1.29 is 5.11 Å². The van der Waals surface area contributed by atoms with E-state index in [0.29, 0.717) is 6.04 Å². The predicted molar refractivity (Wildman–Crippen MR) is 83.8 cm³/mol. The molecule has 4 heteroatoms. The van der Waals surface area contributed by atoms with Gasteiger partial charge in [0.25, 0.3) is 0 Å². The molecule has 106 valence electrons. The first kappa shape index (κ1) is 12.9. The lowest BCUT2D eigenvalue weighted by Crippen LogP contribution is -2.32. The highest BCUT2D eigenvalue weighted by molar-refractivity contribution is 9.10. The number of aliphatic hydroxyl groups is 1. The minimum Gasteiger partial charge on any atom is -0.373 e. The number of halogens is 1. The Kier molecular flexibility index (Phi) is 2.95. The first-order valence-electron chi connectivity index (χ1n) is 7.37. The van der Waals surface area contributed by atoms with Crippen molar-refractivity contribution in [3.05, 3.63) is 33.9 Å². The maximum atomic E-state index is 10.6. The minimum absolute atomic E-state index is 0.382. The van der Waals surface area contributed by atoms with E-state index in [1.165, 1.54) is 22.2 Å². The molecule has 0 amide bonds. The van der Waals surface area contributed by atoms with E-state index in [0.717, 1.165) is 36.7 Å². The van der Waals surface area contributed by atoms with Crippen molar-refractivity contribution in [3.8, 4) is 0 Å². The molecule has 1 N–H and O–H groups in total. The van der Waals surface area contributed by atoms with Gasteiger partial charge in [-0.2, -0.15) is 0 Å². The highest BCUT2D eigenvalue weighted by atomic mass is 79.9. The van der Waals surface area contributed by atoms with Crippen LogP contribution in [0.3, 0.4) is 0 Å². The maximum Gasteiger partial charge on any atom is 0.131 e. The summed E-state index contributed by atoms with van der Waals surface area (Å²) in [5.74, 6) is 0. The summed E-state index contributed by atoms with van der Waals surface area (Å²) in [6.45, 7) is 1.11. The lowest BCUT2D eigenvalue weighted by atomic mass is 9.95. The van der Waals surface area contributed by atoms with Gasteiger partial charge in [0.05, 0.1) is 11.6 Å². The SMILES string of the molecule is CN1CCc2c3n(c4cc(Br)ccc24)[C@H](O)CCC[C@H]31. The molecule has 0 saturated carbocycles. The molecule has 1 aromatic carbocycles. The fourth-order valence-corrected chi connectivity index (χ4v) is 4.30. The molecule has 2 aliphatic heterocycles. The Morgan fingerprint density at radius 3 is 3.00 bits per heavy atom. The molecule has 1 aromatic heterocycles. The Bertz CT molecular complexity index is 679. The van der Waals surface area contributed by atoms with E-state index in [1.807, 2.05) is 0 Å². The van der Waals surface area contributed by atoms with E-state index in [-0.39, 0.29) is 6.23 Å². The second kappa shape index (κ2) is 4.58. The molecule has 0 radical (unpaired) electrons. The van der Waals surface area contributed by atoms with Crippen molar-refractivity contribution in [1.29, 1.82) is 0 Å². The van der Waals surface area contributed by atoms with Crippen LogP contribution in [0.5, 0.6) is 0 Å². The molecular weight excluding hydrogens is 316 g/mol. The molecule has 0 saturated heterocycles. The zero-order valence-electron chi connectivity index (χ0n) is 11.6. The summed E-state index contributed by atoms with van der Waals surface area (Å²) in [6, 6.07) is 6.92. The van der Waals surface area contributed by atoms with Crippen LogP contribution in [-0.4, -0.2) is 28.2 Å². The number of likely N-dealkylation sites (N-methyl/N-ethyl adjacent to an activating group) is 1. The van der Waals surface area contributed by atoms with Crippen LogP contribution >= 0.6 is 15.9 Å². The van der Waals surface area contributed by atoms with Crippen LogP contribution < -0.4 is 0 Å². The summed E-state index contributed by atoms with van der Waals surface area (Å²) in [7, 11) is 2.21. The van der Waals surface area contributed by atoms with Crippen LogP contribution in [0.25, 0.3) is 10.9 Å². The Morgan fingerprint density at radius 2 is 2.15 bits per heavy atom. The quantitative estimate of drug-likeness (QED) is 0.797. The lowest BCUT2D eigenvalue weighted by molar-refractivity contribution is 0.0980. The van der Waals surface area contributed by atoms with Crippen LogP contribution in [0.15, 0.2) is 22.7 Å². The van der Waals surface area contributed by atoms with E-state index in [9.17, 15) is 5.11 Å². The van der Waals surface area contributed by atoms with E-state index in [2.05, 4.69) is 50.6 Å². The van der Waals surface area contributed by atoms with Crippen LogP contribution in [0.4, 0.5) is 0 Å². The molecule has 3 nitrogen and oxygen atoms in total. The van der Waals surface area contributed by atoms with Crippen LogP contribution in [0.2, 0.25) is 0 Å². The first-order valence-corrected chi connectivity index (χ1v) is 8.16. The molecule has 0 spiro atoms. The van der Waals surface area contributed by atoms with Gasteiger partial charge in [0.15, 0.2) is 0 Å². The number of benzene rings is 1. The average Bonchev–Trinajstić information content (AvgIpc) is 2.63. The second-order valence-electron chi connectivity index (χ2n) is 6.05. The smallest absolute Gasteiger partial charge is 0.131 e. The molecule has 3 heterocycles. The zero-order chi connectivity index (χ0) is 13.9. The molecule has 0 fully saturated rings. The molecule has 2 aromatic rings. The third-order valence-corrected chi connectivity index (χ3v) is 5.41. The Labute approximate surface area is 127 Å². The van der Waals surface area contributed by atoms with Crippen molar-refractivity contribution in [3.63, 3.8) is 0 Å². The highest BCUT2D eigenvalue weighted by Gasteiger charge is 2.34. The van der Waals surface area contributed by atoms with Gasteiger partial charge in [-0.25, -0.2) is 0 Å². The molecule has 20 heavy (non-hydrogen) atoms. The monoisotopic (exact) mass is 334 g/mol. The van der Waals surface area contributed by atoms with Crippen LogP contribution in [0.1, 0.15) is 42.8 Å². The van der Waals surface area contributed by atoms with E-state index < -0.39 is 0 Å². The number of hydrogen-bond donors (Lipinski definition) is 1. The Balaban J connectivity index is 2.08. The van der Waals surface area contributed by atoms with Gasteiger partial charge >= 0.3 is 0 Å². The molecule has 2 atom stereocenters. The molecule has 4 rings (SSSR count). The molecule has 0 bridgehead atoms. The standard InChI is InChI=1S/C16H19BrN2O/c1-18-8-7-12-11-6-5-10(17)9-14(11)19-15(20)4-2-3-13(18)16(12)19/h5-6,9,13,15,20H,2-4,7-8H2,1H3/t13-,15-/m1/s1. The Hall–Kier alpha value is -0.840. The van der Waals surface area contributed by atoms with Gasteiger partial charge in [-0.05, 0) is 50.4 Å². The van der Waals surface area contributed by atoms with Gasteiger partial charge in [-0.1, -0.05) is 22.0 Å². The predicted octanol–water partition coefficient (Wildman–Crippen LogP) is 3.61. The fourth-order valence-electron chi connectivity index (χ4n) is 3.95. The van der Waals surface area contributed by atoms with Crippen molar-refractivity contribution in [2.24, 2.45) is 0 Å². The third kappa shape index (κ3) is 1.71. The fraction of sp³-hybridized carbons (Fsp3) is 0.500. The van der Waals surface area contributed by atoms with Crippen molar-refractivity contribution in [1.82, 2.24) is 9.47 Å². The van der Waals surface area contributed by atoms with Gasteiger partial charge in [-0.3, -0.25) is 4.90 Å². The maximum absolute atomic E-state index is 10.6. The highest BCUT2D eigenvalue weighted by Crippen LogP contribution is 2.43. The van der Waals surface area contributed by atoms with Gasteiger partial charge in [0, 0.05) is 22.1 Å². The van der Waals surface area contributed by atoms with E-state index >= 15 is 0 Å². The number of hydrogen-bond acceptors (Lipinski definition) is 2. The molecular formula is C16H19BrN2O. The van der Waals surface area contributed by atoms with Crippen molar-refractivity contribution in [2.45, 2.75) is 38.0 Å². The molecule has 2 aliphatic rings. The van der Waals surface area contributed by atoms with Gasteiger partial charge < -0.3 is 9.67 Å². The Morgan fingerprint density at radius 1 is 1.30 bits per heavy atom. The summed E-state index contributed by atoms with van der Waals surface area (Å²) < 4.78 is 3.28. The summed E-state index contributed by atoms with van der Waals surface area (Å²) in [5, 5.41) is 11.9. The largest absolute Gasteiger partial charge is 0.373 e. The topological polar surface area (TPSA) is 28.4 Å². The average molecular weight is 335 g/mol. The normalized spacial score (nSPS) is 26.6. The van der Waals surface area contributed by atoms with Crippen molar-refractivity contribution >= 4 is 26.8 Å². The number of aromatic nitrogens is 1. The summed E-state index contributed by atoms with van der Waals surface area (Å²) in [5.41, 5.74) is 3.99. The molecule has 0 unspecified atom stereocenters. The zero-order valence-corrected chi connectivity index (χ0v) is 13.2. The van der Waals surface area contributed by atoms with Crippen LogP contribution in [-0.2, 0) is 6.42 Å². The van der Waals surface area contributed by atoms with E-state index in [1.54, 1.807) is 0 Å². The minimum atomic E-state index is -0.382.